The molecule has 102 valence electrons. The van der Waals surface area contributed by atoms with Crippen LogP contribution in [0.1, 0.15) is 12.8 Å². The number of thioether (sulfide) groups is 1. The summed E-state index contributed by atoms with van der Waals surface area (Å²) >= 11 is 1.49. The molecule has 1 N–H and O–H groups in total. The molecule has 0 aromatic carbocycles. The van der Waals surface area contributed by atoms with E-state index in [2.05, 4.69) is 5.32 Å². The zero-order valence-electron chi connectivity index (χ0n) is 10.4. The number of ether oxygens (including phenoxy) is 1. The third-order valence-corrected chi connectivity index (χ3v) is 4.55. The molecular weight excluding hydrogens is 262 g/mol. The molecule has 0 atom stereocenters. The number of rotatable bonds is 10. The average molecular weight is 283 g/mol. The minimum absolute atomic E-state index is 0.0326. The number of nitrogens with one attached hydrogen (secondary N) is 1. The van der Waals surface area contributed by atoms with Crippen LogP contribution in [0.3, 0.4) is 0 Å². The molecular formula is C10H21NO4S2. The van der Waals surface area contributed by atoms with Crippen LogP contribution in [0.15, 0.2) is 0 Å². The van der Waals surface area contributed by atoms with Crippen molar-refractivity contribution in [1.82, 2.24) is 5.32 Å². The summed E-state index contributed by atoms with van der Waals surface area (Å²) in [5.74, 6) is 0.315. The predicted molar refractivity (Wildman–Crippen MR) is 71.2 cm³/mol. The quantitative estimate of drug-likeness (QED) is 0.459. The number of carbonyl (C=O) groups excluding carboxylic acids is 1. The van der Waals surface area contributed by atoms with Crippen LogP contribution in [0.25, 0.3) is 0 Å². The lowest BCUT2D eigenvalue weighted by molar-refractivity contribution is -0.143. The van der Waals surface area contributed by atoms with Gasteiger partial charge in [-0.1, -0.05) is 0 Å². The summed E-state index contributed by atoms with van der Waals surface area (Å²) in [4.78, 5) is 11.2. The summed E-state index contributed by atoms with van der Waals surface area (Å²) in [6.45, 7) is 0.718. The first kappa shape index (κ1) is 16.7. The van der Waals surface area contributed by atoms with Crippen molar-refractivity contribution in [2.45, 2.75) is 12.8 Å². The van der Waals surface area contributed by atoms with E-state index in [0.29, 0.717) is 18.6 Å². The van der Waals surface area contributed by atoms with Crippen molar-refractivity contribution < 1.29 is 17.9 Å². The second kappa shape index (κ2) is 9.73. The number of esters is 1. The molecule has 0 aromatic heterocycles. The van der Waals surface area contributed by atoms with Crippen LogP contribution >= 0.6 is 11.8 Å². The molecule has 0 amide bonds. The topological polar surface area (TPSA) is 72.5 Å². The third-order valence-electron chi connectivity index (χ3n) is 2.06. The van der Waals surface area contributed by atoms with Crippen molar-refractivity contribution in [2.24, 2.45) is 0 Å². The molecule has 0 aliphatic carbocycles. The first-order chi connectivity index (χ1) is 8.02. The Labute approximate surface area is 108 Å². The lowest BCUT2D eigenvalue weighted by atomic mass is 10.3. The molecule has 0 unspecified atom stereocenters. The van der Waals surface area contributed by atoms with Gasteiger partial charge in [-0.3, -0.25) is 4.79 Å². The number of sulfone groups is 1. The first-order valence-corrected chi connectivity index (χ1v) is 8.73. The van der Waals surface area contributed by atoms with E-state index in [1.807, 2.05) is 13.3 Å². The summed E-state index contributed by atoms with van der Waals surface area (Å²) in [6.07, 6.45) is 2.89. The smallest absolute Gasteiger partial charge is 0.305 e. The van der Waals surface area contributed by atoms with E-state index >= 15 is 0 Å². The highest BCUT2D eigenvalue weighted by Gasteiger charge is 2.11. The molecule has 7 heteroatoms. The van der Waals surface area contributed by atoms with Crippen molar-refractivity contribution in [3.05, 3.63) is 0 Å². The standard InChI is InChI=1S/C10H21NO4S2/c1-11-5-3-4-10(12)15-6-8-17(13,14)9-7-16-2/h11H,3-9H2,1-2H3. The van der Waals surface area contributed by atoms with E-state index in [-0.39, 0.29) is 24.1 Å². The Kier molecular flexibility index (Phi) is 9.57. The first-order valence-electron chi connectivity index (χ1n) is 5.51. The third kappa shape index (κ3) is 10.6. The highest BCUT2D eigenvalue weighted by atomic mass is 32.2. The van der Waals surface area contributed by atoms with Crippen molar-refractivity contribution >= 4 is 27.6 Å². The monoisotopic (exact) mass is 283 g/mol. The predicted octanol–water partition coefficient (Wildman–Crippen LogP) is 0.307. The summed E-state index contributed by atoms with van der Waals surface area (Å²) < 4.78 is 27.7. The van der Waals surface area contributed by atoms with Crippen LogP contribution in [0, 0.1) is 0 Å². The molecule has 5 nitrogen and oxygen atoms in total. The summed E-state index contributed by atoms with van der Waals surface area (Å²) in [7, 11) is -1.27. The number of hydrogen-bond acceptors (Lipinski definition) is 6. The second-order valence-corrected chi connectivity index (χ2v) is 6.86. The second-order valence-electron chi connectivity index (χ2n) is 3.57. The van der Waals surface area contributed by atoms with Crippen LogP contribution in [0.5, 0.6) is 0 Å². The molecule has 0 heterocycles. The number of hydrogen-bond donors (Lipinski definition) is 1. The SMILES string of the molecule is CNCCCC(=O)OCCS(=O)(=O)CCSC. The van der Waals surface area contributed by atoms with Crippen molar-refractivity contribution in [3.8, 4) is 0 Å². The molecule has 0 fully saturated rings. The van der Waals surface area contributed by atoms with Gasteiger partial charge in [-0.25, -0.2) is 8.42 Å². The molecule has 0 bridgehead atoms. The van der Waals surface area contributed by atoms with Crippen LogP contribution in [-0.2, 0) is 19.4 Å². The zero-order valence-corrected chi connectivity index (χ0v) is 12.0. The van der Waals surface area contributed by atoms with Crippen LogP contribution in [0.4, 0.5) is 0 Å². The minimum Gasteiger partial charge on any atom is -0.465 e. The van der Waals surface area contributed by atoms with Gasteiger partial charge in [0.1, 0.15) is 6.61 Å². The number of carbonyl (C=O) groups is 1. The Morgan fingerprint density at radius 2 is 2.06 bits per heavy atom. The lowest BCUT2D eigenvalue weighted by Gasteiger charge is -2.05. The Morgan fingerprint density at radius 1 is 1.35 bits per heavy atom. The van der Waals surface area contributed by atoms with Crippen LogP contribution in [-0.4, -0.2) is 58.1 Å². The Hall–Kier alpha value is -0.270. The lowest BCUT2D eigenvalue weighted by Crippen LogP contribution is -2.19. The maximum atomic E-state index is 11.4. The van der Waals surface area contributed by atoms with Gasteiger partial charge >= 0.3 is 5.97 Å². The normalized spacial score (nSPS) is 11.4. The maximum absolute atomic E-state index is 11.4. The van der Waals surface area contributed by atoms with Crippen LogP contribution < -0.4 is 5.32 Å². The molecule has 0 radical (unpaired) electrons. The van der Waals surface area contributed by atoms with Gasteiger partial charge in [-0.2, -0.15) is 11.8 Å². The molecule has 0 aliphatic heterocycles. The van der Waals surface area contributed by atoms with E-state index < -0.39 is 9.84 Å². The van der Waals surface area contributed by atoms with E-state index in [1.165, 1.54) is 11.8 Å². The van der Waals surface area contributed by atoms with E-state index in [9.17, 15) is 13.2 Å². The molecule has 0 saturated heterocycles. The maximum Gasteiger partial charge on any atom is 0.305 e. The van der Waals surface area contributed by atoms with Gasteiger partial charge in [-0.15, -0.1) is 0 Å². The van der Waals surface area contributed by atoms with Crippen LogP contribution in [0.2, 0.25) is 0 Å². The van der Waals surface area contributed by atoms with Gasteiger partial charge in [0.05, 0.1) is 11.5 Å². The highest BCUT2D eigenvalue weighted by molar-refractivity contribution is 8.00. The minimum atomic E-state index is -3.07. The van der Waals surface area contributed by atoms with Crippen molar-refractivity contribution in [2.75, 3.05) is 43.7 Å². The van der Waals surface area contributed by atoms with E-state index in [0.717, 1.165) is 6.54 Å². The van der Waals surface area contributed by atoms with Gasteiger partial charge in [0.15, 0.2) is 9.84 Å². The zero-order chi connectivity index (χ0) is 13.1. The summed E-state index contributed by atoms with van der Waals surface area (Å²) in [5, 5.41) is 2.92. The molecule has 0 rings (SSSR count). The Balaban J connectivity index is 3.64. The van der Waals surface area contributed by atoms with Gasteiger partial charge in [-0.05, 0) is 26.3 Å². The highest BCUT2D eigenvalue weighted by Crippen LogP contribution is 1.99. The van der Waals surface area contributed by atoms with E-state index in [1.54, 1.807) is 0 Å². The van der Waals surface area contributed by atoms with Gasteiger partial charge in [0.25, 0.3) is 0 Å². The molecule has 0 spiro atoms. The van der Waals surface area contributed by atoms with Crippen molar-refractivity contribution in [3.63, 3.8) is 0 Å². The largest absolute Gasteiger partial charge is 0.465 e. The molecule has 0 aromatic rings. The van der Waals surface area contributed by atoms with Crippen molar-refractivity contribution in [1.29, 1.82) is 0 Å². The summed E-state index contributed by atoms with van der Waals surface area (Å²) in [5.41, 5.74) is 0. The van der Waals surface area contributed by atoms with E-state index in [4.69, 9.17) is 4.74 Å². The fraction of sp³-hybridized carbons (Fsp3) is 0.900. The average Bonchev–Trinajstić information content (AvgIpc) is 2.26. The van der Waals surface area contributed by atoms with Gasteiger partial charge in [0, 0.05) is 12.2 Å². The van der Waals surface area contributed by atoms with Gasteiger partial charge < -0.3 is 10.1 Å². The molecule has 17 heavy (non-hydrogen) atoms. The summed E-state index contributed by atoms with van der Waals surface area (Å²) in [6, 6.07) is 0. The van der Waals surface area contributed by atoms with Gasteiger partial charge in [0.2, 0.25) is 0 Å². The Morgan fingerprint density at radius 3 is 2.65 bits per heavy atom. The Bertz CT molecular complexity index is 303. The fourth-order valence-electron chi connectivity index (χ4n) is 1.08. The molecule has 0 saturated carbocycles. The molecule has 0 aliphatic rings. The fourth-order valence-corrected chi connectivity index (χ4v) is 3.30.